The van der Waals surface area contributed by atoms with Crippen LogP contribution in [-0.2, 0) is 0 Å². The van der Waals surface area contributed by atoms with Crippen LogP contribution < -0.4 is 4.90 Å². The molecule has 5 heteroatoms. The Bertz CT molecular complexity index is 437. The number of halogens is 1. The van der Waals surface area contributed by atoms with Gasteiger partial charge in [0.15, 0.2) is 0 Å². The van der Waals surface area contributed by atoms with Gasteiger partial charge in [0.25, 0.3) is 5.69 Å². The van der Waals surface area contributed by atoms with Crippen molar-refractivity contribution in [3.05, 3.63) is 32.8 Å². The molecule has 0 bridgehead atoms. The second-order valence-corrected chi connectivity index (χ2v) is 6.50. The molecule has 0 unspecified atom stereocenters. The summed E-state index contributed by atoms with van der Waals surface area (Å²) in [6.45, 7) is 10.1. The molecule has 0 aliphatic carbocycles. The van der Waals surface area contributed by atoms with Crippen LogP contribution in [0.5, 0.6) is 0 Å². The molecule has 0 fully saturated rings. The first kappa shape index (κ1) is 16.0. The van der Waals surface area contributed by atoms with Crippen LogP contribution in [0, 0.1) is 22.0 Å². The van der Waals surface area contributed by atoms with Crippen molar-refractivity contribution in [1.29, 1.82) is 0 Å². The van der Waals surface area contributed by atoms with Crippen LogP contribution >= 0.6 is 15.9 Å². The van der Waals surface area contributed by atoms with Gasteiger partial charge in [0.05, 0.1) is 4.92 Å². The van der Waals surface area contributed by atoms with E-state index in [1.54, 1.807) is 6.07 Å². The molecule has 0 heterocycles. The minimum absolute atomic E-state index is 0.163. The van der Waals surface area contributed by atoms with Crippen molar-refractivity contribution < 1.29 is 4.92 Å². The molecule has 0 amide bonds. The lowest BCUT2D eigenvalue weighted by Gasteiger charge is -2.28. The van der Waals surface area contributed by atoms with Gasteiger partial charge in [-0.1, -0.05) is 43.6 Å². The Morgan fingerprint density at radius 2 is 1.74 bits per heavy atom. The third kappa shape index (κ3) is 4.82. The van der Waals surface area contributed by atoms with Crippen LogP contribution in [-0.4, -0.2) is 18.0 Å². The van der Waals surface area contributed by atoms with Gasteiger partial charge < -0.3 is 4.90 Å². The molecule has 106 valence electrons. The SMILES string of the molecule is CC(C)CN(CC(C)C)c1ccc(Br)cc1[N+](=O)[O-]. The lowest BCUT2D eigenvalue weighted by atomic mass is 10.1. The summed E-state index contributed by atoms with van der Waals surface area (Å²) in [5.74, 6) is 0.920. The lowest BCUT2D eigenvalue weighted by molar-refractivity contribution is -0.384. The highest BCUT2D eigenvalue weighted by Crippen LogP contribution is 2.32. The van der Waals surface area contributed by atoms with Crippen LogP contribution in [0.4, 0.5) is 11.4 Å². The van der Waals surface area contributed by atoms with E-state index in [9.17, 15) is 10.1 Å². The summed E-state index contributed by atoms with van der Waals surface area (Å²) in [7, 11) is 0. The Morgan fingerprint density at radius 3 is 2.16 bits per heavy atom. The monoisotopic (exact) mass is 328 g/mol. The van der Waals surface area contributed by atoms with E-state index < -0.39 is 0 Å². The fourth-order valence-corrected chi connectivity index (χ4v) is 2.41. The molecule has 1 aromatic rings. The number of rotatable bonds is 6. The van der Waals surface area contributed by atoms with Crippen molar-refractivity contribution in [2.45, 2.75) is 27.7 Å². The second-order valence-electron chi connectivity index (χ2n) is 5.58. The first-order valence-corrected chi connectivity index (χ1v) is 7.29. The molecule has 0 saturated heterocycles. The standard InChI is InChI=1S/C14H21BrN2O2/c1-10(2)8-16(9-11(3)4)13-6-5-12(15)7-14(13)17(18)19/h5-7,10-11H,8-9H2,1-4H3. The summed E-state index contributed by atoms with van der Waals surface area (Å²) in [4.78, 5) is 13.0. The second kappa shape index (κ2) is 6.89. The van der Waals surface area contributed by atoms with E-state index in [0.717, 1.165) is 17.6 Å². The molecule has 0 aromatic heterocycles. The third-order valence-electron chi connectivity index (χ3n) is 2.65. The molecule has 4 nitrogen and oxygen atoms in total. The molecule has 0 radical (unpaired) electrons. The van der Waals surface area contributed by atoms with Crippen molar-refractivity contribution in [1.82, 2.24) is 0 Å². The molecular formula is C14H21BrN2O2. The topological polar surface area (TPSA) is 46.4 Å². The molecule has 0 saturated carbocycles. The zero-order chi connectivity index (χ0) is 14.6. The highest BCUT2D eigenvalue weighted by atomic mass is 79.9. The molecule has 1 rings (SSSR count). The van der Waals surface area contributed by atoms with Crippen molar-refractivity contribution >= 4 is 27.3 Å². The van der Waals surface area contributed by atoms with Gasteiger partial charge >= 0.3 is 0 Å². The van der Waals surface area contributed by atoms with Gasteiger partial charge in [0.1, 0.15) is 5.69 Å². The normalized spacial score (nSPS) is 11.1. The average molecular weight is 329 g/mol. The number of benzene rings is 1. The maximum atomic E-state index is 11.2. The predicted molar refractivity (Wildman–Crippen MR) is 82.7 cm³/mol. The third-order valence-corrected chi connectivity index (χ3v) is 3.14. The number of hydrogen-bond acceptors (Lipinski definition) is 3. The summed E-state index contributed by atoms with van der Waals surface area (Å²) in [6, 6.07) is 5.26. The maximum Gasteiger partial charge on any atom is 0.293 e. The summed E-state index contributed by atoms with van der Waals surface area (Å²) in [5.41, 5.74) is 0.867. The Kier molecular flexibility index (Phi) is 5.79. The smallest absolute Gasteiger partial charge is 0.293 e. The Hall–Kier alpha value is -1.10. The van der Waals surface area contributed by atoms with Gasteiger partial charge in [-0.25, -0.2) is 0 Å². The predicted octanol–water partition coefficient (Wildman–Crippen LogP) is 4.48. The number of nitro benzene ring substituents is 1. The first-order chi connectivity index (χ1) is 8.81. The highest BCUT2D eigenvalue weighted by Gasteiger charge is 2.21. The number of anilines is 1. The Labute approximate surface area is 123 Å². The van der Waals surface area contributed by atoms with Crippen LogP contribution in [0.1, 0.15) is 27.7 Å². The minimum atomic E-state index is -0.312. The zero-order valence-corrected chi connectivity index (χ0v) is 13.5. The minimum Gasteiger partial charge on any atom is -0.365 e. The molecular weight excluding hydrogens is 308 g/mol. The van der Waals surface area contributed by atoms with Crippen molar-refractivity contribution in [3.63, 3.8) is 0 Å². The average Bonchev–Trinajstić information content (AvgIpc) is 2.26. The lowest BCUT2D eigenvalue weighted by Crippen LogP contribution is -2.31. The van der Waals surface area contributed by atoms with Crippen LogP contribution in [0.25, 0.3) is 0 Å². The summed E-state index contributed by atoms with van der Waals surface area (Å²) in [5, 5.41) is 11.2. The fourth-order valence-electron chi connectivity index (χ4n) is 2.06. The highest BCUT2D eigenvalue weighted by molar-refractivity contribution is 9.10. The van der Waals surface area contributed by atoms with Gasteiger partial charge in [-0.3, -0.25) is 10.1 Å². The largest absolute Gasteiger partial charge is 0.365 e. The number of hydrogen-bond donors (Lipinski definition) is 0. The maximum absolute atomic E-state index is 11.2. The molecule has 1 aromatic carbocycles. The van der Waals surface area contributed by atoms with E-state index in [0.29, 0.717) is 17.5 Å². The Morgan fingerprint density at radius 1 is 1.21 bits per heavy atom. The summed E-state index contributed by atoms with van der Waals surface area (Å²) >= 11 is 3.29. The van der Waals surface area contributed by atoms with E-state index >= 15 is 0 Å². The fraction of sp³-hybridized carbons (Fsp3) is 0.571. The molecule has 0 atom stereocenters. The zero-order valence-electron chi connectivity index (χ0n) is 11.9. The van der Waals surface area contributed by atoms with E-state index in [2.05, 4.69) is 48.5 Å². The summed E-state index contributed by atoms with van der Waals surface area (Å²) in [6.07, 6.45) is 0. The first-order valence-electron chi connectivity index (χ1n) is 6.50. The molecule has 0 aliphatic rings. The molecule has 19 heavy (non-hydrogen) atoms. The van der Waals surface area contributed by atoms with Gasteiger partial charge in [-0.15, -0.1) is 0 Å². The van der Waals surface area contributed by atoms with Crippen LogP contribution in [0.3, 0.4) is 0 Å². The van der Waals surface area contributed by atoms with Gasteiger partial charge in [0, 0.05) is 23.6 Å². The van der Waals surface area contributed by atoms with E-state index in [4.69, 9.17) is 0 Å². The van der Waals surface area contributed by atoms with Crippen molar-refractivity contribution in [2.24, 2.45) is 11.8 Å². The van der Waals surface area contributed by atoms with E-state index in [1.807, 2.05) is 12.1 Å². The Balaban J connectivity index is 3.16. The quantitative estimate of drug-likeness (QED) is 0.571. The van der Waals surface area contributed by atoms with Crippen molar-refractivity contribution in [3.8, 4) is 0 Å². The number of nitro groups is 1. The van der Waals surface area contributed by atoms with Gasteiger partial charge in [0.2, 0.25) is 0 Å². The van der Waals surface area contributed by atoms with Crippen LogP contribution in [0.15, 0.2) is 22.7 Å². The summed E-state index contributed by atoms with van der Waals surface area (Å²) < 4.78 is 0.733. The van der Waals surface area contributed by atoms with Crippen molar-refractivity contribution in [2.75, 3.05) is 18.0 Å². The van der Waals surface area contributed by atoms with Gasteiger partial charge in [-0.2, -0.15) is 0 Å². The molecule has 0 aliphatic heterocycles. The molecule has 0 spiro atoms. The van der Waals surface area contributed by atoms with Gasteiger partial charge in [-0.05, 0) is 24.0 Å². The van der Waals surface area contributed by atoms with E-state index in [1.165, 1.54) is 0 Å². The molecule has 0 N–H and O–H groups in total. The van der Waals surface area contributed by atoms with Crippen LogP contribution in [0.2, 0.25) is 0 Å². The van der Waals surface area contributed by atoms with E-state index in [-0.39, 0.29) is 10.6 Å². The number of nitrogens with zero attached hydrogens (tertiary/aromatic N) is 2.